The number of nitrogens with zero attached hydrogens (tertiary/aromatic N) is 3. The highest BCUT2D eigenvalue weighted by Gasteiger charge is 2.35. The first-order chi connectivity index (χ1) is 13.9. The van der Waals surface area contributed by atoms with Crippen molar-refractivity contribution in [3.63, 3.8) is 0 Å². The molecule has 1 aliphatic heterocycles. The summed E-state index contributed by atoms with van der Waals surface area (Å²) in [7, 11) is 0. The normalized spacial score (nSPS) is 16.3. The lowest BCUT2D eigenvalue weighted by molar-refractivity contribution is -0.122. The summed E-state index contributed by atoms with van der Waals surface area (Å²) >= 11 is 3.45. The number of halogens is 1. The number of benzene rings is 2. The Kier molecular flexibility index (Phi) is 5.19. The highest BCUT2D eigenvalue weighted by molar-refractivity contribution is 9.10. The van der Waals surface area contributed by atoms with Crippen molar-refractivity contribution in [2.24, 2.45) is 5.92 Å². The Morgan fingerprint density at radius 3 is 2.79 bits per heavy atom. The number of amides is 2. The Morgan fingerprint density at radius 2 is 2.07 bits per heavy atom. The summed E-state index contributed by atoms with van der Waals surface area (Å²) in [6.45, 7) is 4.01. The summed E-state index contributed by atoms with van der Waals surface area (Å²) in [4.78, 5) is 31.1. The van der Waals surface area contributed by atoms with Crippen molar-refractivity contribution in [2.45, 2.75) is 20.3 Å². The molecule has 0 spiro atoms. The average Bonchev–Trinajstić information content (AvgIpc) is 3.31. The molecule has 29 heavy (non-hydrogen) atoms. The maximum Gasteiger partial charge on any atom is 0.229 e. The van der Waals surface area contributed by atoms with E-state index in [0.717, 1.165) is 21.3 Å². The van der Waals surface area contributed by atoms with Crippen molar-refractivity contribution in [1.82, 2.24) is 10.1 Å². The zero-order valence-electron chi connectivity index (χ0n) is 16.0. The second-order valence-corrected chi connectivity index (χ2v) is 7.90. The number of anilines is 2. The van der Waals surface area contributed by atoms with Crippen LogP contribution in [0.4, 0.5) is 11.4 Å². The predicted octanol–water partition coefficient (Wildman–Crippen LogP) is 4.11. The van der Waals surface area contributed by atoms with E-state index in [1.807, 2.05) is 49.4 Å². The van der Waals surface area contributed by atoms with Crippen LogP contribution in [-0.2, 0) is 9.59 Å². The van der Waals surface area contributed by atoms with Gasteiger partial charge in [-0.15, -0.1) is 0 Å². The van der Waals surface area contributed by atoms with E-state index in [1.165, 1.54) is 0 Å². The number of carbonyl (C=O) groups is 2. The molecule has 1 saturated heterocycles. The van der Waals surface area contributed by atoms with Gasteiger partial charge in [0.05, 0.1) is 5.92 Å². The first kappa shape index (κ1) is 19.3. The molecule has 1 aliphatic rings. The third-order valence-electron chi connectivity index (χ3n) is 4.86. The number of nitrogens with one attached hydrogen (secondary N) is 1. The number of hydrogen-bond acceptors (Lipinski definition) is 5. The van der Waals surface area contributed by atoms with Crippen LogP contribution in [0.25, 0.3) is 11.4 Å². The molecule has 2 aromatic carbocycles. The maximum atomic E-state index is 12.7. The fourth-order valence-electron chi connectivity index (χ4n) is 3.33. The maximum absolute atomic E-state index is 12.7. The molecule has 0 saturated carbocycles. The molecule has 7 nitrogen and oxygen atoms in total. The first-order valence-corrected chi connectivity index (χ1v) is 9.98. The lowest BCUT2D eigenvalue weighted by Crippen LogP contribution is -2.28. The largest absolute Gasteiger partial charge is 0.339 e. The summed E-state index contributed by atoms with van der Waals surface area (Å²) < 4.78 is 6.01. The van der Waals surface area contributed by atoms with E-state index in [1.54, 1.807) is 11.8 Å². The summed E-state index contributed by atoms with van der Waals surface area (Å²) in [6.07, 6.45) is 0.174. The molecule has 148 valence electrons. The molecule has 1 aromatic heterocycles. The predicted molar refractivity (Wildman–Crippen MR) is 112 cm³/mol. The standard InChI is InChI=1S/C21H19BrN4O3/c1-12-8-16(6-7-18(12)22)24-21(28)15-10-19(27)26(11-15)17-5-3-4-14(9-17)20-23-13(2)29-25-20/h3-9,15H,10-11H2,1-2H3,(H,24,28)/t15-/m1/s1. The molecule has 4 rings (SSSR count). The average molecular weight is 455 g/mol. The lowest BCUT2D eigenvalue weighted by Gasteiger charge is -2.17. The quantitative estimate of drug-likeness (QED) is 0.640. The molecule has 2 heterocycles. The number of carbonyl (C=O) groups excluding carboxylic acids is 2. The molecule has 1 atom stereocenters. The Labute approximate surface area is 176 Å². The molecule has 8 heteroatoms. The van der Waals surface area contributed by atoms with Crippen molar-refractivity contribution >= 4 is 39.1 Å². The Bertz CT molecular complexity index is 1100. The van der Waals surface area contributed by atoms with Gasteiger partial charge in [-0.3, -0.25) is 9.59 Å². The lowest BCUT2D eigenvalue weighted by atomic mass is 10.1. The van der Waals surface area contributed by atoms with Gasteiger partial charge in [-0.1, -0.05) is 33.2 Å². The number of hydrogen-bond donors (Lipinski definition) is 1. The van der Waals surface area contributed by atoms with E-state index in [4.69, 9.17) is 4.52 Å². The fourth-order valence-corrected chi connectivity index (χ4v) is 3.58. The van der Waals surface area contributed by atoms with E-state index in [0.29, 0.717) is 23.9 Å². The molecule has 2 amide bonds. The number of rotatable bonds is 4. The minimum Gasteiger partial charge on any atom is -0.339 e. The molecule has 0 bridgehead atoms. The van der Waals surface area contributed by atoms with Gasteiger partial charge in [0.2, 0.25) is 23.5 Å². The molecule has 1 N–H and O–H groups in total. The summed E-state index contributed by atoms with van der Waals surface area (Å²) in [5.74, 6) is 0.284. The van der Waals surface area contributed by atoms with Crippen LogP contribution in [0.5, 0.6) is 0 Å². The number of aryl methyl sites for hydroxylation is 2. The van der Waals surface area contributed by atoms with Crippen molar-refractivity contribution in [1.29, 1.82) is 0 Å². The molecule has 3 aromatic rings. The Hall–Kier alpha value is -3.00. The van der Waals surface area contributed by atoms with Gasteiger partial charge in [-0.25, -0.2) is 0 Å². The van der Waals surface area contributed by atoms with Gasteiger partial charge in [-0.05, 0) is 42.8 Å². The molecule has 0 radical (unpaired) electrons. The van der Waals surface area contributed by atoms with Gasteiger partial charge >= 0.3 is 0 Å². The Morgan fingerprint density at radius 1 is 1.24 bits per heavy atom. The van der Waals surface area contributed by atoms with Crippen molar-refractivity contribution in [3.8, 4) is 11.4 Å². The van der Waals surface area contributed by atoms with Gasteiger partial charge in [0.25, 0.3) is 0 Å². The van der Waals surface area contributed by atoms with Gasteiger partial charge in [0.15, 0.2) is 0 Å². The zero-order chi connectivity index (χ0) is 20.5. The van der Waals surface area contributed by atoms with E-state index in [2.05, 4.69) is 31.4 Å². The monoisotopic (exact) mass is 454 g/mol. The highest BCUT2D eigenvalue weighted by atomic mass is 79.9. The van der Waals surface area contributed by atoms with Gasteiger partial charge in [0.1, 0.15) is 0 Å². The van der Waals surface area contributed by atoms with Crippen LogP contribution < -0.4 is 10.2 Å². The van der Waals surface area contributed by atoms with Gasteiger partial charge in [-0.2, -0.15) is 4.98 Å². The second-order valence-electron chi connectivity index (χ2n) is 7.05. The second kappa shape index (κ2) is 7.79. The van der Waals surface area contributed by atoms with Crippen molar-refractivity contribution < 1.29 is 14.1 Å². The third kappa shape index (κ3) is 4.07. The highest BCUT2D eigenvalue weighted by Crippen LogP contribution is 2.29. The molecular formula is C21H19BrN4O3. The van der Waals surface area contributed by atoms with Gasteiger partial charge in [0, 0.05) is 41.3 Å². The van der Waals surface area contributed by atoms with E-state index < -0.39 is 5.92 Å². The van der Waals surface area contributed by atoms with Crippen molar-refractivity contribution in [2.75, 3.05) is 16.8 Å². The third-order valence-corrected chi connectivity index (χ3v) is 5.75. The summed E-state index contributed by atoms with van der Waals surface area (Å²) in [5, 5.41) is 6.83. The number of aromatic nitrogens is 2. The van der Waals surface area contributed by atoms with Crippen LogP contribution in [0, 0.1) is 19.8 Å². The van der Waals surface area contributed by atoms with Crippen LogP contribution in [0.1, 0.15) is 17.9 Å². The van der Waals surface area contributed by atoms with E-state index in [-0.39, 0.29) is 18.2 Å². The SMILES string of the molecule is Cc1nc(-c2cccc(N3C[C@H](C(=O)Nc4ccc(Br)c(C)c4)CC3=O)c2)no1. The van der Waals surface area contributed by atoms with E-state index >= 15 is 0 Å². The van der Waals surface area contributed by atoms with E-state index in [9.17, 15) is 9.59 Å². The van der Waals surface area contributed by atoms with Crippen LogP contribution in [0.15, 0.2) is 51.5 Å². The van der Waals surface area contributed by atoms with Crippen molar-refractivity contribution in [3.05, 3.63) is 58.4 Å². The minimum absolute atomic E-state index is 0.0846. The summed E-state index contributed by atoms with van der Waals surface area (Å²) in [6, 6.07) is 13.0. The molecule has 0 aliphatic carbocycles. The molecule has 1 fully saturated rings. The first-order valence-electron chi connectivity index (χ1n) is 9.19. The van der Waals surface area contributed by atoms with Crippen LogP contribution >= 0.6 is 15.9 Å². The minimum atomic E-state index is -0.414. The molecule has 0 unspecified atom stereocenters. The fraction of sp³-hybridized carbons (Fsp3) is 0.238. The Balaban J connectivity index is 1.49. The zero-order valence-corrected chi connectivity index (χ0v) is 17.6. The van der Waals surface area contributed by atoms with Crippen LogP contribution in [-0.4, -0.2) is 28.5 Å². The summed E-state index contributed by atoms with van der Waals surface area (Å²) in [5.41, 5.74) is 3.21. The molecular weight excluding hydrogens is 436 g/mol. The van der Waals surface area contributed by atoms with Gasteiger partial charge < -0.3 is 14.7 Å². The topological polar surface area (TPSA) is 88.3 Å². The smallest absolute Gasteiger partial charge is 0.229 e. The van der Waals surface area contributed by atoms with Crippen LogP contribution in [0.3, 0.4) is 0 Å². The van der Waals surface area contributed by atoms with Crippen LogP contribution in [0.2, 0.25) is 0 Å².